The van der Waals surface area contributed by atoms with Gasteiger partial charge in [-0.05, 0) is 62.4 Å². The maximum Gasteiger partial charge on any atom is 0.164 e. The molecule has 0 bridgehead atoms. The molecule has 0 radical (unpaired) electrons. The number of hydrogen-bond donors (Lipinski definition) is 0. The second kappa shape index (κ2) is 9.85. The third-order valence-electron chi connectivity index (χ3n) is 8.71. The van der Waals surface area contributed by atoms with E-state index in [1.54, 1.807) is 0 Å². The summed E-state index contributed by atoms with van der Waals surface area (Å²) in [6.07, 6.45) is 0. The normalized spacial score (nSPS) is 13.1. The van der Waals surface area contributed by atoms with Crippen molar-refractivity contribution in [2.45, 2.75) is 19.3 Å². The number of hydrogen-bond acceptors (Lipinski definition) is 3. The van der Waals surface area contributed by atoms with E-state index in [1.807, 2.05) is 30.3 Å². The van der Waals surface area contributed by atoms with E-state index in [-0.39, 0.29) is 5.41 Å². The Balaban J connectivity index is 1.25. The first-order valence-corrected chi connectivity index (χ1v) is 14.7. The predicted octanol–water partition coefficient (Wildman–Crippen LogP) is 10.00. The van der Waals surface area contributed by atoms with Crippen molar-refractivity contribution in [1.29, 1.82) is 0 Å². The fourth-order valence-corrected chi connectivity index (χ4v) is 6.40. The van der Waals surface area contributed by atoms with E-state index in [2.05, 4.69) is 123 Å². The van der Waals surface area contributed by atoms with Crippen LogP contribution in [0.5, 0.6) is 0 Å². The van der Waals surface area contributed by atoms with E-state index in [4.69, 9.17) is 15.0 Å². The Morgan fingerprint density at radius 3 is 1.74 bits per heavy atom. The van der Waals surface area contributed by atoms with Crippen molar-refractivity contribution < 1.29 is 0 Å². The van der Waals surface area contributed by atoms with Gasteiger partial charge in [0, 0.05) is 22.1 Å². The average molecular weight is 552 g/mol. The summed E-state index contributed by atoms with van der Waals surface area (Å²) in [6.45, 7) is 4.64. The van der Waals surface area contributed by atoms with Crippen LogP contribution in [0.4, 0.5) is 0 Å². The molecule has 0 N–H and O–H groups in total. The summed E-state index contributed by atoms with van der Waals surface area (Å²) < 4.78 is 0. The summed E-state index contributed by atoms with van der Waals surface area (Å²) in [6, 6.07) is 49.1. The van der Waals surface area contributed by atoms with Gasteiger partial charge in [0.1, 0.15) is 0 Å². The van der Waals surface area contributed by atoms with Crippen LogP contribution in [0, 0.1) is 0 Å². The number of benzene rings is 6. The van der Waals surface area contributed by atoms with Crippen molar-refractivity contribution in [3.05, 3.63) is 151 Å². The van der Waals surface area contributed by atoms with Gasteiger partial charge < -0.3 is 0 Å². The molecule has 0 atom stereocenters. The van der Waals surface area contributed by atoms with Gasteiger partial charge in [-0.25, -0.2) is 15.0 Å². The lowest BCUT2D eigenvalue weighted by molar-refractivity contribution is 0.660. The Morgan fingerprint density at radius 1 is 0.372 bits per heavy atom. The smallest absolute Gasteiger partial charge is 0.164 e. The number of fused-ring (bicyclic) bond motifs is 4. The van der Waals surface area contributed by atoms with E-state index in [9.17, 15) is 0 Å². The minimum absolute atomic E-state index is 0.0485. The summed E-state index contributed by atoms with van der Waals surface area (Å²) in [5, 5.41) is 2.35. The van der Waals surface area contributed by atoms with E-state index in [0.717, 1.165) is 27.6 Å². The zero-order valence-electron chi connectivity index (χ0n) is 24.1. The summed E-state index contributed by atoms with van der Waals surface area (Å²) in [4.78, 5) is 14.9. The Morgan fingerprint density at radius 2 is 0.930 bits per heavy atom. The highest BCUT2D eigenvalue weighted by molar-refractivity contribution is 5.87. The van der Waals surface area contributed by atoms with E-state index >= 15 is 0 Å². The van der Waals surface area contributed by atoms with Crippen molar-refractivity contribution in [2.75, 3.05) is 0 Å². The molecule has 8 rings (SSSR count). The molecular formula is C40H29N3. The first-order valence-electron chi connectivity index (χ1n) is 14.7. The van der Waals surface area contributed by atoms with Gasteiger partial charge in [0.2, 0.25) is 0 Å². The summed E-state index contributed by atoms with van der Waals surface area (Å²) in [5.74, 6) is 1.99. The van der Waals surface area contributed by atoms with E-state index in [1.165, 1.54) is 33.2 Å². The second-order valence-electron chi connectivity index (χ2n) is 11.7. The molecule has 204 valence electrons. The summed E-state index contributed by atoms with van der Waals surface area (Å²) >= 11 is 0. The molecule has 0 aliphatic heterocycles. The van der Waals surface area contributed by atoms with Crippen LogP contribution in [0.15, 0.2) is 140 Å². The average Bonchev–Trinajstić information content (AvgIpc) is 3.30. The van der Waals surface area contributed by atoms with E-state index < -0.39 is 0 Å². The van der Waals surface area contributed by atoms with Gasteiger partial charge in [-0.1, -0.05) is 135 Å². The molecule has 0 saturated heterocycles. The third kappa shape index (κ3) is 4.33. The van der Waals surface area contributed by atoms with Crippen molar-refractivity contribution in [3.8, 4) is 56.4 Å². The number of aromatic nitrogens is 3. The van der Waals surface area contributed by atoms with Gasteiger partial charge in [-0.15, -0.1) is 0 Å². The maximum absolute atomic E-state index is 5.03. The Labute approximate surface area is 251 Å². The highest BCUT2D eigenvalue weighted by Crippen LogP contribution is 2.49. The largest absolute Gasteiger partial charge is 0.208 e. The number of rotatable bonds is 4. The van der Waals surface area contributed by atoms with Gasteiger partial charge >= 0.3 is 0 Å². The molecule has 43 heavy (non-hydrogen) atoms. The quantitative estimate of drug-likeness (QED) is 0.218. The van der Waals surface area contributed by atoms with Crippen LogP contribution < -0.4 is 0 Å². The van der Waals surface area contributed by atoms with Crippen LogP contribution in [-0.2, 0) is 5.41 Å². The molecule has 1 heterocycles. The lowest BCUT2D eigenvalue weighted by atomic mass is 9.81. The van der Waals surface area contributed by atoms with E-state index in [0.29, 0.717) is 17.5 Å². The molecule has 0 spiro atoms. The molecule has 0 fully saturated rings. The Bertz CT molecular complexity index is 2160. The minimum Gasteiger partial charge on any atom is -0.208 e. The molecule has 1 aliphatic rings. The van der Waals surface area contributed by atoms with Crippen molar-refractivity contribution in [2.24, 2.45) is 0 Å². The standard InChI is InChI=1S/C40H29N3/c1-40(2)35-18-9-8-17-33(35)34-22-21-30(25-36(34)40)29-15-10-16-31(24-29)38-41-37(27-12-4-3-5-13-27)42-39(43-38)32-20-19-26-11-6-7-14-28(26)23-32/h3-25H,1-2H3. The van der Waals surface area contributed by atoms with Crippen LogP contribution in [-0.4, -0.2) is 15.0 Å². The van der Waals surface area contributed by atoms with Crippen LogP contribution in [0.2, 0.25) is 0 Å². The summed E-state index contributed by atoms with van der Waals surface area (Å²) in [7, 11) is 0. The molecule has 3 nitrogen and oxygen atoms in total. The zero-order valence-corrected chi connectivity index (χ0v) is 24.1. The molecule has 6 aromatic carbocycles. The topological polar surface area (TPSA) is 38.7 Å². The first-order chi connectivity index (χ1) is 21.0. The molecule has 0 amide bonds. The van der Waals surface area contributed by atoms with Gasteiger partial charge in [-0.3, -0.25) is 0 Å². The van der Waals surface area contributed by atoms with Crippen molar-refractivity contribution in [3.63, 3.8) is 0 Å². The van der Waals surface area contributed by atoms with Gasteiger partial charge in [-0.2, -0.15) is 0 Å². The van der Waals surface area contributed by atoms with Crippen LogP contribution in [0.3, 0.4) is 0 Å². The monoisotopic (exact) mass is 551 g/mol. The molecule has 1 aliphatic carbocycles. The Hall–Kier alpha value is -5.41. The molecule has 1 aromatic heterocycles. The fraction of sp³-hybridized carbons (Fsp3) is 0.0750. The lowest BCUT2D eigenvalue weighted by Gasteiger charge is -2.22. The highest BCUT2D eigenvalue weighted by atomic mass is 15.0. The molecule has 3 heteroatoms. The lowest BCUT2D eigenvalue weighted by Crippen LogP contribution is -2.14. The van der Waals surface area contributed by atoms with Crippen molar-refractivity contribution >= 4 is 10.8 Å². The molecule has 0 saturated carbocycles. The zero-order chi connectivity index (χ0) is 29.0. The fourth-order valence-electron chi connectivity index (χ4n) is 6.40. The van der Waals surface area contributed by atoms with Crippen LogP contribution in [0.25, 0.3) is 67.2 Å². The van der Waals surface area contributed by atoms with Crippen LogP contribution >= 0.6 is 0 Å². The van der Waals surface area contributed by atoms with Crippen molar-refractivity contribution in [1.82, 2.24) is 15.0 Å². The highest BCUT2D eigenvalue weighted by Gasteiger charge is 2.35. The Kier molecular flexibility index (Phi) is 5.80. The second-order valence-corrected chi connectivity index (χ2v) is 11.7. The van der Waals surface area contributed by atoms with Crippen LogP contribution in [0.1, 0.15) is 25.0 Å². The molecule has 0 unspecified atom stereocenters. The number of nitrogens with zero attached hydrogens (tertiary/aromatic N) is 3. The van der Waals surface area contributed by atoms with Gasteiger partial charge in [0.15, 0.2) is 17.5 Å². The maximum atomic E-state index is 5.03. The molecule has 7 aromatic rings. The molecular weight excluding hydrogens is 522 g/mol. The predicted molar refractivity (Wildman–Crippen MR) is 177 cm³/mol. The summed E-state index contributed by atoms with van der Waals surface area (Å²) in [5.41, 5.74) is 10.6. The first kappa shape index (κ1) is 25.3. The SMILES string of the molecule is CC1(C)c2ccccc2-c2ccc(-c3cccc(-c4nc(-c5ccccc5)nc(-c5ccc6ccccc6c5)n4)c3)cc21. The third-order valence-corrected chi connectivity index (χ3v) is 8.71. The van der Waals surface area contributed by atoms with Gasteiger partial charge in [0.05, 0.1) is 0 Å². The minimum atomic E-state index is -0.0485. The van der Waals surface area contributed by atoms with Gasteiger partial charge in [0.25, 0.3) is 0 Å².